The molecule has 0 aliphatic rings. The number of anilines is 1. The number of nitrogens with one attached hydrogen (secondary N) is 1. The van der Waals surface area contributed by atoms with Crippen LogP contribution in [0.3, 0.4) is 0 Å². The molecule has 84 valence electrons. The van der Waals surface area contributed by atoms with Crippen molar-refractivity contribution >= 4 is 28.3 Å². The largest absolute Gasteiger partial charge is 0.398 e. The molecule has 0 radical (unpaired) electrons. The molecule has 2 heterocycles. The molecular weight excluding hydrogens is 236 g/mol. The van der Waals surface area contributed by atoms with Crippen molar-refractivity contribution in [3.05, 3.63) is 41.7 Å². The fourth-order valence-corrected chi connectivity index (χ4v) is 1.80. The summed E-state index contributed by atoms with van der Waals surface area (Å²) in [5.41, 5.74) is 8.99. The van der Waals surface area contributed by atoms with Crippen molar-refractivity contribution < 1.29 is 0 Å². The van der Waals surface area contributed by atoms with Crippen LogP contribution in [0.1, 0.15) is 0 Å². The third-order valence-electron chi connectivity index (χ3n) is 2.55. The molecule has 0 aliphatic carbocycles. The third-order valence-corrected chi connectivity index (χ3v) is 2.90. The van der Waals surface area contributed by atoms with E-state index < -0.39 is 0 Å². The molecule has 0 fully saturated rings. The van der Waals surface area contributed by atoms with E-state index in [1.807, 2.05) is 12.1 Å². The van der Waals surface area contributed by atoms with Crippen molar-refractivity contribution in [2.75, 3.05) is 5.73 Å². The Morgan fingerprint density at radius 2 is 2.12 bits per heavy atom. The maximum absolute atomic E-state index is 5.88. The number of pyridine rings is 1. The van der Waals surface area contributed by atoms with Crippen LogP contribution in [0.4, 0.5) is 5.69 Å². The zero-order valence-corrected chi connectivity index (χ0v) is 9.57. The normalized spacial score (nSPS) is 10.9. The number of benzene rings is 1. The highest BCUT2D eigenvalue weighted by Gasteiger charge is 2.06. The van der Waals surface area contributed by atoms with Crippen molar-refractivity contribution in [3.8, 4) is 11.4 Å². The van der Waals surface area contributed by atoms with Gasteiger partial charge in [0.25, 0.3) is 0 Å². The first-order valence-corrected chi connectivity index (χ1v) is 5.47. The lowest BCUT2D eigenvalue weighted by Gasteiger charge is -2.00. The van der Waals surface area contributed by atoms with Gasteiger partial charge in [0.05, 0.1) is 27.9 Å². The van der Waals surface area contributed by atoms with Gasteiger partial charge < -0.3 is 10.7 Å². The van der Waals surface area contributed by atoms with Crippen molar-refractivity contribution in [2.24, 2.45) is 0 Å². The van der Waals surface area contributed by atoms with E-state index in [0.717, 1.165) is 22.4 Å². The van der Waals surface area contributed by atoms with E-state index in [4.69, 9.17) is 17.3 Å². The molecule has 0 unspecified atom stereocenters. The highest BCUT2D eigenvalue weighted by Crippen LogP contribution is 2.26. The molecule has 0 spiro atoms. The quantitative estimate of drug-likeness (QED) is 0.647. The van der Waals surface area contributed by atoms with Crippen LogP contribution in [0.25, 0.3) is 22.4 Å². The zero-order valence-electron chi connectivity index (χ0n) is 8.81. The fourth-order valence-electron chi connectivity index (χ4n) is 1.68. The van der Waals surface area contributed by atoms with Gasteiger partial charge in [0.2, 0.25) is 0 Å². The Bertz CT molecular complexity index is 657. The predicted octanol–water partition coefficient (Wildman–Crippen LogP) is 2.86. The summed E-state index contributed by atoms with van der Waals surface area (Å²) < 4.78 is 0. The van der Waals surface area contributed by atoms with Gasteiger partial charge in [-0.1, -0.05) is 11.6 Å². The lowest BCUT2D eigenvalue weighted by atomic mass is 10.2. The number of aromatic amines is 1. The molecule has 1 aromatic carbocycles. The summed E-state index contributed by atoms with van der Waals surface area (Å²) in [5.74, 6) is 0.761. The van der Waals surface area contributed by atoms with Gasteiger partial charge in [0.1, 0.15) is 5.82 Å². The van der Waals surface area contributed by atoms with Gasteiger partial charge in [-0.25, -0.2) is 4.98 Å². The van der Waals surface area contributed by atoms with Crippen molar-refractivity contribution in [3.63, 3.8) is 0 Å². The SMILES string of the molecule is Nc1cc(-c2nc3ccncc3[nH]2)ccc1Cl. The van der Waals surface area contributed by atoms with Crippen LogP contribution >= 0.6 is 11.6 Å². The van der Waals surface area contributed by atoms with Crippen LogP contribution in [-0.4, -0.2) is 15.0 Å². The maximum Gasteiger partial charge on any atom is 0.138 e. The molecule has 17 heavy (non-hydrogen) atoms. The molecule has 3 rings (SSSR count). The summed E-state index contributed by atoms with van der Waals surface area (Å²) in [6.07, 6.45) is 3.45. The minimum atomic E-state index is 0.544. The molecule has 5 heteroatoms. The molecule has 0 atom stereocenters. The van der Waals surface area contributed by atoms with Crippen molar-refractivity contribution in [1.29, 1.82) is 0 Å². The van der Waals surface area contributed by atoms with E-state index in [1.165, 1.54) is 0 Å². The van der Waals surface area contributed by atoms with E-state index >= 15 is 0 Å². The summed E-state index contributed by atoms with van der Waals surface area (Å²) in [5, 5.41) is 0.548. The van der Waals surface area contributed by atoms with Crippen LogP contribution in [0.5, 0.6) is 0 Å². The Morgan fingerprint density at radius 3 is 2.88 bits per heavy atom. The number of hydrogen-bond donors (Lipinski definition) is 2. The first-order valence-electron chi connectivity index (χ1n) is 5.09. The van der Waals surface area contributed by atoms with Crippen molar-refractivity contribution in [1.82, 2.24) is 15.0 Å². The molecular formula is C12H9ClN4. The Morgan fingerprint density at radius 1 is 1.24 bits per heavy atom. The number of H-pyrrole nitrogens is 1. The monoisotopic (exact) mass is 244 g/mol. The number of nitrogens with zero attached hydrogens (tertiary/aromatic N) is 2. The van der Waals surface area contributed by atoms with Gasteiger partial charge in [0, 0.05) is 11.8 Å². The van der Waals surface area contributed by atoms with Crippen LogP contribution in [-0.2, 0) is 0 Å². The lowest BCUT2D eigenvalue weighted by molar-refractivity contribution is 1.33. The van der Waals surface area contributed by atoms with Gasteiger partial charge in [-0.15, -0.1) is 0 Å². The number of hydrogen-bond acceptors (Lipinski definition) is 3. The molecule has 0 aliphatic heterocycles. The molecule has 0 amide bonds. The molecule has 0 saturated carbocycles. The van der Waals surface area contributed by atoms with Crippen LogP contribution < -0.4 is 5.73 Å². The standard InChI is InChI=1S/C12H9ClN4/c13-8-2-1-7(5-9(8)14)12-16-10-3-4-15-6-11(10)17-12/h1-6H,14H2,(H,16,17). The minimum Gasteiger partial charge on any atom is -0.398 e. The second kappa shape index (κ2) is 3.75. The van der Waals surface area contributed by atoms with E-state index in [9.17, 15) is 0 Å². The molecule has 0 bridgehead atoms. The average molecular weight is 245 g/mol. The number of imidazole rings is 1. The highest BCUT2D eigenvalue weighted by molar-refractivity contribution is 6.33. The molecule has 3 N–H and O–H groups in total. The van der Waals surface area contributed by atoms with Crippen molar-refractivity contribution in [2.45, 2.75) is 0 Å². The zero-order chi connectivity index (χ0) is 11.8. The Kier molecular flexibility index (Phi) is 2.23. The molecule has 4 nitrogen and oxygen atoms in total. The fraction of sp³-hybridized carbons (Fsp3) is 0. The first kappa shape index (κ1) is 10.1. The summed E-state index contributed by atoms with van der Waals surface area (Å²) >= 11 is 5.88. The first-order chi connectivity index (χ1) is 8.24. The highest BCUT2D eigenvalue weighted by atomic mass is 35.5. The van der Waals surface area contributed by atoms with E-state index in [2.05, 4.69) is 15.0 Å². The van der Waals surface area contributed by atoms with Gasteiger partial charge in [-0.3, -0.25) is 4.98 Å². The summed E-state index contributed by atoms with van der Waals surface area (Å²) in [6, 6.07) is 7.30. The van der Waals surface area contributed by atoms with Gasteiger partial charge >= 0.3 is 0 Å². The number of fused-ring (bicyclic) bond motifs is 1. The number of aromatic nitrogens is 3. The summed E-state index contributed by atoms with van der Waals surface area (Å²) in [7, 11) is 0. The molecule has 3 aromatic rings. The smallest absolute Gasteiger partial charge is 0.138 e. The number of halogens is 1. The van der Waals surface area contributed by atoms with Gasteiger partial charge in [0.15, 0.2) is 0 Å². The van der Waals surface area contributed by atoms with Crippen LogP contribution in [0.2, 0.25) is 5.02 Å². The maximum atomic E-state index is 5.88. The summed E-state index contributed by atoms with van der Waals surface area (Å²) in [6.45, 7) is 0. The van der Waals surface area contributed by atoms with Crippen LogP contribution in [0, 0.1) is 0 Å². The number of rotatable bonds is 1. The Labute approximate surface area is 102 Å². The number of nitrogens with two attached hydrogens (primary N) is 1. The number of nitrogen functional groups attached to an aromatic ring is 1. The second-order valence-corrected chi connectivity index (χ2v) is 4.12. The Balaban J connectivity index is 2.17. The molecule has 0 saturated heterocycles. The Hall–Kier alpha value is -2.07. The molecule has 2 aromatic heterocycles. The van der Waals surface area contributed by atoms with Gasteiger partial charge in [-0.2, -0.15) is 0 Å². The second-order valence-electron chi connectivity index (χ2n) is 3.71. The van der Waals surface area contributed by atoms with Gasteiger partial charge in [-0.05, 0) is 24.3 Å². The van der Waals surface area contributed by atoms with E-state index in [-0.39, 0.29) is 0 Å². The lowest BCUT2D eigenvalue weighted by Crippen LogP contribution is -1.88. The van der Waals surface area contributed by atoms with E-state index in [0.29, 0.717) is 10.7 Å². The third kappa shape index (κ3) is 1.72. The topological polar surface area (TPSA) is 67.6 Å². The van der Waals surface area contributed by atoms with E-state index in [1.54, 1.807) is 24.5 Å². The average Bonchev–Trinajstić information content (AvgIpc) is 2.76. The summed E-state index contributed by atoms with van der Waals surface area (Å²) in [4.78, 5) is 11.7. The van der Waals surface area contributed by atoms with Crippen LogP contribution in [0.15, 0.2) is 36.7 Å². The minimum absolute atomic E-state index is 0.544. The predicted molar refractivity (Wildman–Crippen MR) is 68.7 cm³/mol.